The maximum absolute atomic E-state index is 13.3. The highest BCUT2D eigenvalue weighted by atomic mass is 19.1. The number of methoxy groups -OCH3 is 1. The van der Waals surface area contributed by atoms with Gasteiger partial charge in [0.15, 0.2) is 11.6 Å². The molecule has 0 aliphatic carbocycles. The van der Waals surface area contributed by atoms with Crippen LogP contribution in [0.25, 0.3) is 0 Å². The molecule has 23 heavy (non-hydrogen) atoms. The van der Waals surface area contributed by atoms with E-state index in [1.165, 1.54) is 19.2 Å². The second-order valence-corrected chi connectivity index (χ2v) is 5.66. The Labute approximate surface area is 136 Å². The molecule has 0 bridgehead atoms. The SMILES string of the molecule is COC(=O)C(CC(C)C)NC(=O)CCCOc1ccccc1F. The second kappa shape index (κ2) is 9.82. The number of carbonyl (C=O) groups excluding carboxylic acids is 2. The van der Waals surface area contributed by atoms with Crippen molar-refractivity contribution in [3.63, 3.8) is 0 Å². The predicted octanol–water partition coefficient (Wildman–Crippen LogP) is 2.69. The highest BCUT2D eigenvalue weighted by Gasteiger charge is 2.22. The highest BCUT2D eigenvalue weighted by molar-refractivity contribution is 5.84. The molecule has 6 heteroatoms. The van der Waals surface area contributed by atoms with Gasteiger partial charge in [-0.2, -0.15) is 0 Å². The quantitative estimate of drug-likeness (QED) is 0.560. The van der Waals surface area contributed by atoms with Crippen molar-refractivity contribution < 1.29 is 23.5 Å². The Morgan fingerprint density at radius 1 is 1.26 bits per heavy atom. The van der Waals surface area contributed by atoms with Gasteiger partial charge >= 0.3 is 5.97 Å². The molecule has 0 aliphatic heterocycles. The third-order valence-corrected chi connectivity index (χ3v) is 3.17. The zero-order valence-corrected chi connectivity index (χ0v) is 13.8. The number of esters is 1. The van der Waals surface area contributed by atoms with Gasteiger partial charge in [-0.15, -0.1) is 0 Å². The molecule has 0 aliphatic rings. The smallest absolute Gasteiger partial charge is 0.328 e. The summed E-state index contributed by atoms with van der Waals surface area (Å²) in [4.78, 5) is 23.5. The normalized spacial score (nSPS) is 11.9. The third kappa shape index (κ3) is 7.13. The van der Waals surface area contributed by atoms with Crippen LogP contribution in [0.15, 0.2) is 24.3 Å². The van der Waals surface area contributed by atoms with Gasteiger partial charge in [0.2, 0.25) is 5.91 Å². The molecule has 128 valence electrons. The Bertz CT molecular complexity index is 519. The van der Waals surface area contributed by atoms with Crippen LogP contribution in [0.3, 0.4) is 0 Å². The number of nitrogens with one attached hydrogen (secondary N) is 1. The fraction of sp³-hybridized carbons (Fsp3) is 0.529. The van der Waals surface area contributed by atoms with Crippen molar-refractivity contribution in [3.05, 3.63) is 30.1 Å². The van der Waals surface area contributed by atoms with Crippen LogP contribution in [-0.4, -0.2) is 31.6 Å². The standard InChI is InChI=1S/C17H24FNO4/c1-12(2)11-14(17(21)22-3)19-16(20)9-6-10-23-15-8-5-4-7-13(15)18/h4-5,7-8,12,14H,6,9-11H2,1-3H3,(H,19,20). The van der Waals surface area contributed by atoms with Crippen molar-refractivity contribution >= 4 is 11.9 Å². The molecule has 1 N–H and O–H groups in total. The fourth-order valence-electron chi connectivity index (χ4n) is 2.07. The van der Waals surface area contributed by atoms with Gasteiger partial charge in [-0.05, 0) is 30.9 Å². The van der Waals surface area contributed by atoms with E-state index in [2.05, 4.69) is 5.32 Å². The van der Waals surface area contributed by atoms with Crippen molar-refractivity contribution in [2.24, 2.45) is 5.92 Å². The lowest BCUT2D eigenvalue weighted by Gasteiger charge is -2.18. The summed E-state index contributed by atoms with van der Waals surface area (Å²) in [6, 6.07) is 5.47. The summed E-state index contributed by atoms with van der Waals surface area (Å²) in [7, 11) is 1.30. The van der Waals surface area contributed by atoms with E-state index in [-0.39, 0.29) is 30.6 Å². The number of rotatable bonds is 9. The maximum atomic E-state index is 13.3. The molecule has 1 amide bonds. The van der Waals surface area contributed by atoms with Gasteiger partial charge in [-0.1, -0.05) is 26.0 Å². The molecule has 0 fully saturated rings. The average molecular weight is 325 g/mol. The molecule has 0 saturated heterocycles. The molecule has 5 nitrogen and oxygen atoms in total. The summed E-state index contributed by atoms with van der Waals surface area (Å²) >= 11 is 0. The first kappa shape index (κ1) is 18.9. The molecule has 0 aromatic heterocycles. The molecular weight excluding hydrogens is 301 g/mol. The van der Waals surface area contributed by atoms with Crippen LogP contribution in [0.4, 0.5) is 4.39 Å². The van der Waals surface area contributed by atoms with E-state index >= 15 is 0 Å². The van der Waals surface area contributed by atoms with Crippen LogP contribution in [0.5, 0.6) is 5.75 Å². The lowest BCUT2D eigenvalue weighted by molar-refractivity contribution is -0.145. The Morgan fingerprint density at radius 2 is 1.96 bits per heavy atom. The van der Waals surface area contributed by atoms with Crippen molar-refractivity contribution in [1.82, 2.24) is 5.32 Å². The minimum absolute atomic E-state index is 0.167. The van der Waals surface area contributed by atoms with E-state index in [0.29, 0.717) is 12.8 Å². The van der Waals surface area contributed by atoms with Crippen molar-refractivity contribution in [2.45, 2.75) is 39.2 Å². The van der Waals surface area contributed by atoms with Gasteiger partial charge in [0.1, 0.15) is 6.04 Å². The summed E-state index contributed by atoms with van der Waals surface area (Å²) < 4.78 is 23.3. The van der Waals surface area contributed by atoms with Gasteiger partial charge in [-0.3, -0.25) is 4.79 Å². The number of hydrogen-bond donors (Lipinski definition) is 1. The van der Waals surface area contributed by atoms with E-state index in [9.17, 15) is 14.0 Å². The van der Waals surface area contributed by atoms with E-state index in [0.717, 1.165) is 0 Å². The molecule has 1 atom stereocenters. The lowest BCUT2D eigenvalue weighted by atomic mass is 10.0. The Balaban J connectivity index is 2.35. The zero-order valence-electron chi connectivity index (χ0n) is 13.8. The summed E-state index contributed by atoms with van der Waals surface area (Å²) in [5.74, 6) is -0.712. The number of hydrogen-bond acceptors (Lipinski definition) is 4. The number of benzene rings is 1. The van der Waals surface area contributed by atoms with E-state index in [1.54, 1.807) is 12.1 Å². The Morgan fingerprint density at radius 3 is 2.57 bits per heavy atom. The first-order valence-electron chi connectivity index (χ1n) is 7.68. The first-order valence-corrected chi connectivity index (χ1v) is 7.68. The van der Waals surface area contributed by atoms with Gasteiger partial charge in [0.25, 0.3) is 0 Å². The third-order valence-electron chi connectivity index (χ3n) is 3.17. The van der Waals surface area contributed by atoms with Crippen molar-refractivity contribution in [3.8, 4) is 5.75 Å². The van der Waals surface area contributed by atoms with E-state index < -0.39 is 17.8 Å². The number of halogens is 1. The Hall–Kier alpha value is -2.11. The summed E-state index contributed by atoms with van der Waals surface area (Å²) in [6.07, 6.45) is 1.14. The topological polar surface area (TPSA) is 64.6 Å². The van der Waals surface area contributed by atoms with Crippen LogP contribution in [0.1, 0.15) is 33.1 Å². The van der Waals surface area contributed by atoms with Gasteiger partial charge < -0.3 is 14.8 Å². The summed E-state index contributed by atoms with van der Waals surface area (Å²) in [5.41, 5.74) is 0. The minimum Gasteiger partial charge on any atom is -0.491 e. The van der Waals surface area contributed by atoms with E-state index in [1.807, 2.05) is 13.8 Å². The van der Waals surface area contributed by atoms with Crippen LogP contribution in [0.2, 0.25) is 0 Å². The second-order valence-electron chi connectivity index (χ2n) is 5.66. The molecule has 0 saturated carbocycles. The minimum atomic E-state index is -0.639. The molecular formula is C17H24FNO4. The van der Waals surface area contributed by atoms with Gasteiger partial charge in [-0.25, -0.2) is 9.18 Å². The molecule has 0 heterocycles. The largest absolute Gasteiger partial charge is 0.491 e. The summed E-state index contributed by atoms with van der Waals surface area (Å²) in [5, 5.41) is 2.67. The van der Waals surface area contributed by atoms with Gasteiger partial charge in [0, 0.05) is 6.42 Å². The number of ether oxygens (including phenoxy) is 2. The molecule has 1 unspecified atom stereocenters. The average Bonchev–Trinajstić information content (AvgIpc) is 2.51. The predicted molar refractivity (Wildman–Crippen MR) is 84.5 cm³/mol. The van der Waals surface area contributed by atoms with Crippen LogP contribution in [0, 0.1) is 11.7 Å². The monoisotopic (exact) mass is 325 g/mol. The number of carbonyl (C=O) groups is 2. The number of para-hydroxylation sites is 1. The first-order chi connectivity index (χ1) is 10.9. The van der Waals surface area contributed by atoms with E-state index in [4.69, 9.17) is 9.47 Å². The van der Waals surface area contributed by atoms with Crippen LogP contribution in [-0.2, 0) is 14.3 Å². The maximum Gasteiger partial charge on any atom is 0.328 e. The van der Waals surface area contributed by atoms with Crippen molar-refractivity contribution in [1.29, 1.82) is 0 Å². The molecule has 1 aromatic rings. The highest BCUT2D eigenvalue weighted by Crippen LogP contribution is 2.15. The molecule has 0 spiro atoms. The van der Waals surface area contributed by atoms with Gasteiger partial charge in [0.05, 0.1) is 13.7 Å². The van der Waals surface area contributed by atoms with Crippen LogP contribution >= 0.6 is 0 Å². The molecule has 1 rings (SSSR count). The molecule has 0 radical (unpaired) electrons. The zero-order chi connectivity index (χ0) is 17.2. The lowest BCUT2D eigenvalue weighted by Crippen LogP contribution is -2.42. The summed E-state index contributed by atoms with van der Waals surface area (Å²) in [6.45, 7) is 4.15. The molecule has 1 aromatic carbocycles. The van der Waals surface area contributed by atoms with Crippen molar-refractivity contribution in [2.75, 3.05) is 13.7 Å². The fourth-order valence-corrected chi connectivity index (χ4v) is 2.07. The number of amides is 1. The Kier molecular flexibility index (Phi) is 8.08. The van der Waals surface area contributed by atoms with Crippen LogP contribution < -0.4 is 10.1 Å².